The number of likely N-dealkylation sites (tertiary alicyclic amines) is 1. The number of hydrogen-bond donors (Lipinski definition) is 3. The van der Waals surface area contributed by atoms with Crippen LogP contribution in [0.4, 0.5) is 4.79 Å². The van der Waals surface area contributed by atoms with Gasteiger partial charge in [0.2, 0.25) is 0 Å². The van der Waals surface area contributed by atoms with Crippen molar-refractivity contribution >= 4 is 12.0 Å². The summed E-state index contributed by atoms with van der Waals surface area (Å²) in [7, 11) is 0. The molecule has 0 bridgehead atoms. The number of carbonyl (C=O) groups excluding carboxylic acids is 1. The van der Waals surface area contributed by atoms with Gasteiger partial charge in [-0.1, -0.05) is 0 Å². The lowest BCUT2D eigenvalue weighted by molar-refractivity contribution is 0.0924. The zero-order valence-corrected chi connectivity index (χ0v) is 11.9. The number of carboxylic acid groups (broad SMARTS) is 1. The molecule has 1 fully saturated rings. The molecule has 1 aliphatic heterocycles. The van der Waals surface area contributed by atoms with Crippen molar-refractivity contribution in [1.82, 2.24) is 15.2 Å². The fourth-order valence-corrected chi connectivity index (χ4v) is 2.62. The monoisotopic (exact) mass is 279 g/mol. The Morgan fingerprint density at radius 3 is 2.55 bits per heavy atom. The van der Waals surface area contributed by atoms with Crippen LogP contribution in [0.5, 0.6) is 0 Å². The number of piperidine rings is 1. The zero-order chi connectivity index (χ0) is 14.7. The second-order valence-electron chi connectivity index (χ2n) is 5.43. The first-order chi connectivity index (χ1) is 9.47. The van der Waals surface area contributed by atoms with Crippen LogP contribution < -0.4 is 5.32 Å². The Morgan fingerprint density at radius 2 is 2.05 bits per heavy atom. The molecule has 0 unspecified atom stereocenters. The fourth-order valence-electron chi connectivity index (χ4n) is 2.62. The average Bonchev–Trinajstić information content (AvgIpc) is 2.75. The summed E-state index contributed by atoms with van der Waals surface area (Å²) in [6, 6.07) is 1.94. The Bertz CT molecular complexity index is 502. The molecule has 20 heavy (non-hydrogen) atoms. The van der Waals surface area contributed by atoms with Crippen LogP contribution in [0.1, 0.15) is 34.6 Å². The number of nitrogens with one attached hydrogen (secondary N) is 2. The normalized spacial score (nSPS) is 16.2. The van der Waals surface area contributed by atoms with Crippen molar-refractivity contribution < 1.29 is 14.7 Å². The number of hydrogen-bond acceptors (Lipinski definition) is 2. The van der Waals surface area contributed by atoms with Crippen LogP contribution in [0, 0.1) is 19.8 Å². The predicted molar refractivity (Wildman–Crippen MR) is 74.9 cm³/mol. The summed E-state index contributed by atoms with van der Waals surface area (Å²) >= 11 is 0. The molecular weight excluding hydrogens is 258 g/mol. The van der Waals surface area contributed by atoms with E-state index in [0.717, 1.165) is 24.1 Å². The van der Waals surface area contributed by atoms with E-state index >= 15 is 0 Å². The number of H-pyrrole nitrogens is 1. The van der Waals surface area contributed by atoms with Crippen molar-refractivity contribution in [3.63, 3.8) is 0 Å². The van der Waals surface area contributed by atoms with E-state index in [1.165, 1.54) is 4.90 Å². The van der Waals surface area contributed by atoms with Gasteiger partial charge < -0.3 is 20.3 Å². The van der Waals surface area contributed by atoms with E-state index in [0.29, 0.717) is 31.2 Å². The van der Waals surface area contributed by atoms with Gasteiger partial charge in [0, 0.05) is 25.3 Å². The molecule has 1 saturated heterocycles. The molecular formula is C14H21N3O3. The highest BCUT2D eigenvalue weighted by Crippen LogP contribution is 2.16. The molecule has 0 saturated carbocycles. The Kier molecular flexibility index (Phi) is 4.32. The third-order valence-corrected chi connectivity index (χ3v) is 3.81. The van der Waals surface area contributed by atoms with Gasteiger partial charge in [0.15, 0.2) is 0 Å². The highest BCUT2D eigenvalue weighted by Gasteiger charge is 2.23. The molecule has 0 spiro atoms. The van der Waals surface area contributed by atoms with E-state index in [-0.39, 0.29) is 5.91 Å². The van der Waals surface area contributed by atoms with Crippen molar-refractivity contribution in [2.24, 2.45) is 5.92 Å². The van der Waals surface area contributed by atoms with Crippen LogP contribution in [0.15, 0.2) is 6.07 Å². The van der Waals surface area contributed by atoms with Crippen molar-refractivity contribution in [3.05, 3.63) is 23.0 Å². The van der Waals surface area contributed by atoms with Gasteiger partial charge in [0.05, 0.1) is 0 Å². The maximum atomic E-state index is 12.0. The van der Waals surface area contributed by atoms with Crippen molar-refractivity contribution in [2.45, 2.75) is 26.7 Å². The summed E-state index contributed by atoms with van der Waals surface area (Å²) in [4.78, 5) is 27.3. The molecule has 6 heteroatoms. The minimum absolute atomic E-state index is 0.0868. The fraction of sp³-hybridized carbons (Fsp3) is 0.571. The molecule has 2 heterocycles. The molecule has 3 N–H and O–H groups in total. The lowest BCUT2D eigenvalue weighted by Crippen LogP contribution is -2.41. The molecule has 0 aliphatic carbocycles. The smallest absolute Gasteiger partial charge is 0.407 e. The molecule has 6 nitrogen and oxygen atoms in total. The molecule has 2 amide bonds. The van der Waals surface area contributed by atoms with Crippen LogP contribution in [-0.4, -0.2) is 46.6 Å². The van der Waals surface area contributed by atoms with Crippen molar-refractivity contribution in [3.8, 4) is 0 Å². The molecule has 0 radical (unpaired) electrons. The summed E-state index contributed by atoms with van der Waals surface area (Å²) in [6.45, 7) is 5.53. The van der Waals surface area contributed by atoms with Crippen molar-refractivity contribution in [1.29, 1.82) is 0 Å². The number of aromatic nitrogens is 1. The summed E-state index contributed by atoms with van der Waals surface area (Å²) in [5, 5.41) is 11.8. The molecule has 1 aromatic heterocycles. The quantitative estimate of drug-likeness (QED) is 0.788. The molecule has 1 aromatic rings. The van der Waals surface area contributed by atoms with Gasteiger partial charge in [0.25, 0.3) is 5.91 Å². The molecule has 0 aromatic carbocycles. The van der Waals surface area contributed by atoms with E-state index in [9.17, 15) is 9.59 Å². The lowest BCUT2D eigenvalue weighted by atomic mass is 9.97. The average molecular weight is 279 g/mol. The number of carbonyl (C=O) groups is 2. The second-order valence-corrected chi connectivity index (χ2v) is 5.43. The van der Waals surface area contributed by atoms with E-state index in [1.807, 2.05) is 19.9 Å². The largest absolute Gasteiger partial charge is 0.465 e. The van der Waals surface area contributed by atoms with E-state index < -0.39 is 6.09 Å². The zero-order valence-electron chi connectivity index (χ0n) is 11.9. The Morgan fingerprint density at radius 1 is 1.40 bits per heavy atom. The van der Waals surface area contributed by atoms with Gasteiger partial charge in [-0.25, -0.2) is 4.79 Å². The second kappa shape index (κ2) is 5.98. The Hall–Kier alpha value is -1.98. The molecule has 110 valence electrons. The standard InChI is InChI=1S/C14H21N3O3/c1-9-7-10(2)16-12(9)13(18)15-8-11-3-5-17(6-4-11)14(19)20/h7,11,16H,3-6,8H2,1-2H3,(H,15,18)(H,19,20). The third kappa shape index (κ3) is 3.31. The molecule has 1 aliphatic rings. The molecule has 2 rings (SSSR count). The number of nitrogens with zero attached hydrogens (tertiary/aromatic N) is 1. The SMILES string of the molecule is Cc1cc(C)c(C(=O)NCC2CCN(C(=O)O)CC2)[nH]1. The number of amides is 2. The van der Waals surface area contributed by atoms with E-state index in [1.54, 1.807) is 0 Å². The van der Waals surface area contributed by atoms with Gasteiger partial charge in [-0.2, -0.15) is 0 Å². The highest BCUT2D eigenvalue weighted by atomic mass is 16.4. The number of aromatic amines is 1. The summed E-state index contributed by atoms with van der Waals surface area (Å²) in [6.07, 6.45) is 0.745. The van der Waals surface area contributed by atoms with E-state index in [4.69, 9.17) is 5.11 Å². The highest BCUT2D eigenvalue weighted by molar-refractivity contribution is 5.93. The number of aryl methyl sites for hydroxylation is 2. The van der Waals surface area contributed by atoms with Gasteiger partial charge in [-0.15, -0.1) is 0 Å². The van der Waals surface area contributed by atoms with Crippen molar-refractivity contribution in [2.75, 3.05) is 19.6 Å². The van der Waals surface area contributed by atoms with Crippen LogP contribution in [0.25, 0.3) is 0 Å². The van der Waals surface area contributed by atoms with Gasteiger partial charge in [-0.3, -0.25) is 4.79 Å². The third-order valence-electron chi connectivity index (χ3n) is 3.81. The van der Waals surface area contributed by atoms with Gasteiger partial charge in [0.1, 0.15) is 5.69 Å². The maximum absolute atomic E-state index is 12.0. The number of rotatable bonds is 3. The summed E-state index contributed by atoms with van der Waals surface area (Å²) < 4.78 is 0. The Labute approximate surface area is 118 Å². The van der Waals surface area contributed by atoms with Crippen LogP contribution in [0.3, 0.4) is 0 Å². The lowest BCUT2D eigenvalue weighted by Gasteiger charge is -2.29. The molecule has 0 atom stereocenters. The first kappa shape index (κ1) is 14.4. The first-order valence-electron chi connectivity index (χ1n) is 6.89. The van der Waals surface area contributed by atoms with Crippen LogP contribution in [0.2, 0.25) is 0 Å². The Balaban J connectivity index is 1.80. The van der Waals surface area contributed by atoms with Crippen LogP contribution in [-0.2, 0) is 0 Å². The summed E-state index contributed by atoms with van der Waals surface area (Å²) in [5.41, 5.74) is 2.54. The minimum atomic E-state index is -0.857. The van der Waals surface area contributed by atoms with E-state index in [2.05, 4.69) is 10.3 Å². The van der Waals surface area contributed by atoms with Gasteiger partial charge >= 0.3 is 6.09 Å². The summed E-state index contributed by atoms with van der Waals surface area (Å²) in [5.74, 6) is 0.266. The predicted octanol–water partition coefficient (Wildman–Crippen LogP) is 1.75. The first-order valence-corrected chi connectivity index (χ1v) is 6.89. The maximum Gasteiger partial charge on any atom is 0.407 e. The minimum Gasteiger partial charge on any atom is -0.465 e. The topological polar surface area (TPSA) is 85.4 Å². The van der Waals surface area contributed by atoms with Gasteiger partial charge in [-0.05, 0) is 44.2 Å². The van der Waals surface area contributed by atoms with Crippen LogP contribution >= 0.6 is 0 Å².